The first-order chi connectivity index (χ1) is 13.2. The van der Waals surface area contributed by atoms with E-state index in [9.17, 15) is 4.79 Å². The number of nitrogens with one attached hydrogen (secondary N) is 1. The molecule has 1 N–H and O–H groups in total. The number of hydrogen-bond acceptors (Lipinski definition) is 4. The van der Waals surface area contributed by atoms with Crippen molar-refractivity contribution in [3.8, 4) is 5.75 Å². The van der Waals surface area contributed by atoms with Gasteiger partial charge in [0.1, 0.15) is 19.0 Å². The van der Waals surface area contributed by atoms with Crippen LogP contribution >= 0.6 is 0 Å². The number of fused-ring (bicyclic) bond motifs is 3. The summed E-state index contributed by atoms with van der Waals surface area (Å²) in [5.74, 6) is 0.856. The van der Waals surface area contributed by atoms with E-state index in [0.29, 0.717) is 13.2 Å². The second-order valence-electron chi connectivity index (χ2n) is 6.56. The number of ether oxygens (including phenoxy) is 2. The van der Waals surface area contributed by atoms with Crippen molar-refractivity contribution < 1.29 is 14.3 Å². The molecule has 6 heteroatoms. The van der Waals surface area contributed by atoms with Gasteiger partial charge in [-0.25, -0.2) is 4.79 Å². The van der Waals surface area contributed by atoms with Gasteiger partial charge in [-0.1, -0.05) is 30.3 Å². The number of nitrogens with zero attached hydrogens (tertiary/aromatic N) is 2. The average molecular weight is 363 g/mol. The summed E-state index contributed by atoms with van der Waals surface area (Å²) in [5.41, 5.74) is 2.99. The second kappa shape index (κ2) is 7.53. The Morgan fingerprint density at radius 3 is 3.00 bits per heavy atom. The van der Waals surface area contributed by atoms with E-state index in [4.69, 9.17) is 9.47 Å². The zero-order valence-corrected chi connectivity index (χ0v) is 15.1. The van der Waals surface area contributed by atoms with Crippen molar-refractivity contribution >= 4 is 23.1 Å². The molecule has 0 radical (unpaired) electrons. The number of aromatic nitrogens is 2. The molecule has 1 aliphatic heterocycles. The number of amides is 1. The highest BCUT2D eigenvalue weighted by Gasteiger charge is 2.16. The van der Waals surface area contributed by atoms with Crippen LogP contribution in [0.15, 0.2) is 54.7 Å². The number of carbonyl (C=O) groups is 1. The summed E-state index contributed by atoms with van der Waals surface area (Å²) in [4.78, 5) is 12.1. The summed E-state index contributed by atoms with van der Waals surface area (Å²) in [7, 11) is 0. The molecule has 2 aromatic carbocycles. The summed E-state index contributed by atoms with van der Waals surface area (Å²) in [6.07, 6.45) is 5.44. The van der Waals surface area contributed by atoms with Gasteiger partial charge in [0.05, 0.1) is 18.3 Å². The maximum atomic E-state index is 12.1. The smallest absolute Gasteiger partial charge is 0.407 e. The standard InChI is InChI=1S/C21H21N3O3/c1-15(23-21(25)27-14-16-6-3-2-4-7-16)13-24-20-17(12-22-24)9-10-19-18(20)8-5-11-26-19/h2-10,12,15H,11,13-14H2,1H3,(H,23,25)/t15-/m0/s1. The van der Waals surface area contributed by atoms with Crippen molar-refractivity contribution in [3.05, 3.63) is 65.9 Å². The summed E-state index contributed by atoms with van der Waals surface area (Å²) in [6, 6.07) is 13.4. The van der Waals surface area contributed by atoms with Gasteiger partial charge in [0, 0.05) is 17.0 Å². The molecule has 6 nitrogen and oxygen atoms in total. The van der Waals surface area contributed by atoms with Gasteiger partial charge in [-0.3, -0.25) is 4.68 Å². The zero-order chi connectivity index (χ0) is 18.6. The number of alkyl carbamates (subject to hydrolysis) is 1. The minimum atomic E-state index is -0.437. The highest BCUT2D eigenvalue weighted by Crippen LogP contribution is 2.31. The molecule has 138 valence electrons. The van der Waals surface area contributed by atoms with Crippen LogP contribution in [0.1, 0.15) is 18.1 Å². The third kappa shape index (κ3) is 3.79. The quantitative estimate of drug-likeness (QED) is 0.750. The predicted octanol–water partition coefficient (Wildman–Crippen LogP) is 3.76. The first kappa shape index (κ1) is 17.1. The van der Waals surface area contributed by atoms with E-state index in [-0.39, 0.29) is 12.6 Å². The van der Waals surface area contributed by atoms with Crippen LogP contribution in [-0.2, 0) is 17.9 Å². The third-order valence-corrected chi connectivity index (χ3v) is 4.45. The van der Waals surface area contributed by atoms with Crippen LogP contribution in [0.25, 0.3) is 17.0 Å². The molecule has 4 rings (SSSR count). The van der Waals surface area contributed by atoms with Crippen LogP contribution in [0.5, 0.6) is 5.75 Å². The second-order valence-corrected chi connectivity index (χ2v) is 6.56. The number of rotatable bonds is 5. The molecule has 3 aromatic rings. The van der Waals surface area contributed by atoms with Crippen LogP contribution in [0.3, 0.4) is 0 Å². The monoisotopic (exact) mass is 363 g/mol. The highest BCUT2D eigenvalue weighted by atomic mass is 16.5. The fourth-order valence-corrected chi connectivity index (χ4v) is 3.19. The van der Waals surface area contributed by atoms with E-state index in [0.717, 1.165) is 27.8 Å². The Labute approximate surface area is 157 Å². The van der Waals surface area contributed by atoms with Crippen molar-refractivity contribution in [1.82, 2.24) is 15.1 Å². The molecule has 1 amide bonds. The third-order valence-electron chi connectivity index (χ3n) is 4.45. The summed E-state index contributed by atoms with van der Waals surface area (Å²) in [5, 5.41) is 8.39. The predicted molar refractivity (Wildman–Crippen MR) is 103 cm³/mol. The van der Waals surface area contributed by atoms with Crippen LogP contribution in [-0.4, -0.2) is 28.5 Å². The lowest BCUT2D eigenvalue weighted by Gasteiger charge is -2.17. The first-order valence-electron chi connectivity index (χ1n) is 8.96. The summed E-state index contributed by atoms with van der Waals surface area (Å²) >= 11 is 0. The summed E-state index contributed by atoms with van der Waals surface area (Å²) in [6.45, 7) is 3.30. The van der Waals surface area contributed by atoms with Gasteiger partial charge in [0.15, 0.2) is 0 Å². The van der Waals surface area contributed by atoms with E-state index in [1.807, 2.05) is 66.3 Å². The Kier molecular flexibility index (Phi) is 4.78. The van der Waals surface area contributed by atoms with Gasteiger partial charge in [0.2, 0.25) is 0 Å². The van der Waals surface area contributed by atoms with E-state index in [1.165, 1.54) is 0 Å². The van der Waals surface area contributed by atoms with E-state index < -0.39 is 6.09 Å². The lowest BCUT2D eigenvalue weighted by molar-refractivity contribution is 0.135. The van der Waals surface area contributed by atoms with Gasteiger partial charge < -0.3 is 14.8 Å². The van der Waals surface area contributed by atoms with Gasteiger partial charge in [0.25, 0.3) is 0 Å². The molecular weight excluding hydrogens is 342 g/mol. The fourth-order valence-electron chi connectivity index (χ4n) is 3.19. The van der Waals surface area contributed by atoms with Crippen LogP contribution in [0, 0.1) is 0 Å². The zero-order valence-electron chi connectivity index (χ0n) is 15.1. The van der Waals surface area contributed by atoms with Crippen molar-refractivity contribution in [1.29, 1.82) is 0 Å². The van der Waals surface area contributed by atoms with E-state index in [1.54, 1.807) is 0 Å². The fraction of sp³-hybridized carbons (Fsp3) is 0.238. The molecule has 27 heavy (non-hydrogen) atoms. The van der Waals surface area contributed by atoms with Crippen LogP contribution in [0.2, 0.25) is 0 Å². The van der Waals surface area contributed by atoms with Crippen LogP contribution in [0.4, 0.5) is 4.79 Å². The molecule has 1 aliphatic rings. The lowest BCUT2D eigenvalue weighted by atomic mass is 10.1. The SMILES string of the molecule is C[C@@H](Cn1ncc2ccc3c(c21)C=CCO3)NC(=O)OCc1ccccc1. The topological polar surface area (TPSA) is 65.4 Å². The normalized spacial score (nSPS) is 13.7. The molecule has 0 unspecified atom stereocenters. The van der Waals surface area contributed by atoms with Gasteiger partial charge >= 0.3 is 6.09 Å². The molecule has 2 heterocycles. The molecule has 0 bridgehead atoms. The van der Waals surface area contributed by atoms with E-state index >= 15 is 0 Å². The molecule has 0 saturated heterocycles. The lowest BCUT2D eigenvalue weighted by Crippen LogP contribution is -2.36. The molecule has 0 saturated carbocycles. The van der Waals surface area contributed by atoms with E-state index in [2.05, 4.69) is 16.5 Å². The maximum Gasteiger partial charge on any atom is 0.407 e. The van der Waals surface area contributed by atoms with Crippen molar-refractivity contribution in [3.63, 3.8) is 0 Å². The number of benzene rings is 2. The Balaban J connectivity index is 1.42. The van der Waals surface area contributed by atoms with Crippen molar-refractivity contribution in [2.75, 3.05) is 6.61 Å². The van der Waals surface area contributed by atoms with Gasteiger partial charge in [-0.05, 0) is 36.8 Å². The Hall–Kier alpha value is -3.28. The molecule has 0 aliphatic carbocycles. The maximum absolute atomic E-state index is 12.1. The number of carbonyl (C=O) groups excluding carboxylic acids is 1. The Bertz CT molecular complexity index is 979. The summed E-state index contributed by atoms with van der Waals surface area (Å²) < 4.78 is 12.9. The van der Waals surface area contributed by atoms with Crippen LogP contribution < -0.4 is 10.1 Å². The Morgan fingerprint density at radius 1 is 1.30 bits per heavy atom. The first-order valence-corrected chi connectivity index (χ1v) is 8.96. The molecule has 0 spiro atoms. The highest BCUT2D eigenvalue weighted by molar-refractivity contribution is 5.90. The largest absolute Gasteiger partial charge is 0.489 e. The van der Waals surface area contributed by atoms with Crippen molar-refractivity contribution in [2.24, 2.45) is 0 Å². The molecular formula is C21H21N3O3. The minimum Gasteiger partial charge on any atom is -0.489 e. The molecule has 1 aromatic heterocycles. The van der Waals surface area contributed by atoms with Gasteiger partial charge in [-0.15, -0.1) is 0 Å². The van der Waals surface area contributed by atoms with Crippen molar-refractivity contribution in [2.45, 2.75) is 26.1 Å². The van der Waals surface area contributed by atoms with Gasteiger partial charge in [-0.2, -0.15) is 5.10 Å². The average Bonchev–Trinajstić information content (AvgIpc) is 3.10. The number of hydrogen-bond donors (Lipinski definition) is 1. The Morgan fingerprint density at radius 2 is 2.15 bits per heavy atom. The molecule has 0 fully saturated rings. The minimum absolute atomic E-state index is 0.138. The molecule has 1 atom stereocenters.